The fourth-order valence-corrected chi connectivity index (χ4v) is 2.19. The molecule has 2 rings (SSSR count). The van der Waals surface area contributed by atoms with E-state index in [0.717, 1.165) is 0 Å². The lowest BCUT2D eigenvalue weighted by Crippen LogP contribution is -2.40. The molecule has 0 saturated carbocycles. The van der Waals surface area contributed by atoms with Gasteiger partial charge in [-0.25, -0.2) is 0 Å². The number of amides is 2. The zero-order valence-electron chi connectivity index (χ0n) is 11.5. The van der Waals surface area contributed by atoms with E-state index in [1.54, 1.807) is 38.1 Å². The van der Waals surface area contributed by atoms with Gasteiger partial charge in [0, 0.05) is 12.8 Å². The van der Waals surface area contributed by atoms with Gasteiger partial charge in [0.15, 0.2) is 0 Å². The minimum atomic E-state index is -1.01. The molecule has 5 nitrogen and oxygen atoms in total. The van der Waals surface area contributed by atoms with E-state index < -0.39 is 11.4 Å². The Morgan fingerprint density at radius 1 is 1.10 bits per heavy atom. The third kappa shape index (κ3) is 2.43. The van der Waals surface area contributed by atoms with Crippen molar-refractivity contribution in [3.05, 3.63) is 29.8 Å². The van der Waals surface area contributed by atoms with Gasteiger partial charge in [-0.05, 0) is 38.0 Å². The van der Waals surface area contributed by atoms with Gasteiger partial charge in [0.1, 0.15) is 0 Å². The number of aliphatic carboxylic acids is 1. The molecular formula is C15H17NO4. The summed E-state index contributed by atoms with van der Waals surface area (Å²) in [7, 11) is 0. The molecule has 106 valence electrons. The lowest BCUT2D eigenvalue weighted by molar-refractivity contribution is -0.142. The van der Waals surface area contributed by atoms with Crippen LogP contribution in [0.3, 0.4) is 0 Å². The number of nitrogens with zero attached hydrogens (tertiary/aromatic N) is 1. The van der Waals surface area contributed by atoms with Crippen LogP contribution in [0.4, 0.5) is 5.69 Å². The molecule has 1 aromatic carbocycles. The third-order valence-corrected chi connectivity index (χ3v) is 3.66. The molecule has 1 fully saturated rings. The Morgan fingerprint density at radius 2 is 1.60 bits per heavy atom. The number of benzene rings is 1. The molecular weight excluding hydrogens is 258 g/mol. The van der Waals surface area contributed by atoms with Crippen LogP contribution >= 0.6 is 0 Å². The standard InChI is InChI=1S/C15H17NO4/c1-15(2,14(19)20)10-6-8-11(9-7-10)16-12(17)4-3-5-13(16)18/h6-9H,3-5H2,1-2H3,(H,19,20). The van der Waals surface area contributed by atoms with E-state index in [2.05, 4.69) is 0 Å². The molecule has 1 N–H and O–H groups in total. The average molecular weight is 275 g/mol. The van der Waals surface area contributed by atoms with Crippen LogP contribution in [0.5, 0.6) is 0 Å². The third-order valence-electron chi connectivity index (χ3n) is 3.66. The van der Waals surface area contributed by atoms with Crippen molar-refractivity contribution < 1.29 is 19.5 Å². The van der Waals surface area contributed by atoms with Crippen molar-refractivity contribution in [3.63, 3.8) is 0 Å². The van der Waals surface area contributed by atoms with Crippen LogP contribution in [-0.2, 0) is 19.8 Å². The predicted octanol–water partition coefficient (Wildman–Crippen LogP) is 2.09. The summed E-state index contributed by atoms with van der Waals surface area (Å²) in [6.45, 7) is 3.23. The van der Waals surface area contributed by atoms with Crippen molar-refractivity contribution in [2.45, 2.75) is 38.5 Å². The minimum absolute atomic E-state index is 0.202. The van der Waals surface area contributed by atoms with E-state index in [9.17, 15) is 19.5 Å². The van der Waals surface area contributed by atoms with Gasteiger partial charge in [-0.1, -0.05) is 12.1 Å². The average Bonchev–Trinajstić information content (AvgIpc) is 2.39. The normalized spacial score (nSPS) is 16.4. The second-order valence-corrected chi connectivity index (χ2v) is 5.45. The Bertz CT molecular complexity index is 544. The highest BCUT2D eigenvalue weighted by Crippen LogP contribution is 2.27. The molecule has 5 heteroatoms. The maximum absolute atomic E-state index is 11.8. The Labute approximate surface area is 117 Å². The Kier molecular flexibility index (Phi) is 3.61. The molecule has 0 radical (unpaired) electrons. The summed E-state index contributed by atoms with van der Waals surface area (Å²) in [6.07, 6.45) is 1.33. The second kappa shape index (κ2) is 5.07. The van der Waals surface area contributed by atoms with Crippen LogP contribution in [0.1, 0.15) is 38.7 Å². The molecule has 0 unspecified atom stereocenters. The number of hydrogen-bond acceptors (Lipinski definition) is 3. The summed E-state index contributed by atoms with van der Waals surface area (Å²) >= 11 is 0. The summed E-state index contributed by atoms with van der Waals surface area (Å²) in [5, 5.41) is 9.18. The van der Waals surface area contributed by atoms with Gasteiger partial charge < -0.3 is 5.11 Å². The van der Waals surface area contributed by atoms with Crippen LogP contribution in [0.15, 0.2) is 24.3 Å². The molecule has 0 aliphatic carbocycles. The zero-order valence-corrected chi connectivity index (χ0v) is 11.5. The predicted molar refractivity (Wildman–Crippen MR) is 73.4 cm³/mol. The number of carboxylic acids is 1. The fourth-order valence-electron chi connectivity index (χ4n) is 2.19. The number of rotatable bonds is 3. The molecule has 1 saturated heterocycles. The van der Waals surface area contributed by atoms with Gasteiger partial charge in [0.25, 0.3) is 0 Å². The first-order valence-electron chi connectivity index (χ1n) is 6.54. The zero-order chi connectivity index (χ0) is 14.9. The monoisotopic (exact) mass is 275 g/mol. The van der Waals surface area contributed by atoms with Gasteiger partial charge in [-0.3, -0.25) is 19.3 Å². The largest absolute Gasteiger partial charge is 0.481 e. The molecule has 0 aromatic heterocycles. The van der Waals surface area contributed by atoms with E-state index in [4.69, 9.17) is 0 Å². The van der Waals surface area contributed by atoms with Gasteiger partial charge in [-0.15, -0.1) is 0 Å². The topological polar surface area (TPSA) is 74.7 Å². The van der Waals surface area contributed by atoms with Crippen molar-refractivity contribution in [1.29, 1.82) is 0 Å². The van der Waals surface area contributed by atoms with Gasteiger partial charge in [0.2, 0.25) is 11.8 Å². The van der Waals surface area contributed by atoms with Gasteiger partial charge >= 0.3 is 5.97 Å². The van der Waals surface area contributed by atoms with Crippen LogP contribution in [0.2, 0.25) is 0 Å². The highest BCUT2D eigenvalue weighted by atomic mass is 16.4. The molecule has 1 aliphatic heterocycles. The molecule has 2 amide bonds. The molecule has 1 aromatic rings. The van der Waals surface area contributed by atoms with Crippen LogP contribution in [0, 0.1) is 0 Å². The van der Waals surface area contributed by atoms with E-state index >= 15 is 0 Å². The molecule has 20 heavy (non-hydrogen) atoms. The fraction of sp³-hybridized carbons (Fsp3) is 0.400. The Hall–Kier alpha value is -2.17. The van der Waals surface area contributed by atoms with E-state index in [-0.39, 0.29) is 11.8 Å². The van der Waals surface area contributed by atoms with Crippen LogP contribution < -0.4 is 4.90 Å². The van der Waals surface area contributed by atoms with Gasteiger partial charge in [0.05, 0.1) is 11.1 Å². The summed E-state index contributed by atoms with van der Waals surface area (Å²) in [4.78, 5) is 36.0. The Balaban J connectivity index is 2.30. The van der Waals surface area contributed by atoms with Crippen molar-refractivity contribution in [2.24, 2.45) is 0 Å². The second-order valence-electron chi connectivity index (χ2n) is 5.45. The van der Waals surface area contributed by atoms with E-state index in [0.29, 0.717) is 30.5 Å². The van der Waals surface area contributed by atoms with Gasteiger partial charge in [-0.2, -0.15) is 0 Å². The van der Waals surface area contributed by atoms with Crippen LogP contribution in [-0.4, -0.2) is 22.9 Å². The number of hydrogen-bond donors (Lipinski definition) is 1. The van der Waals surface area contributed by atoms with E-state index in [1.165, 1.54) is 4.90 Å². The van der Waals surface area contributed by atoms with E-state index in [1.807, 2.05) is 0 Å². The lowest BCUT2D eigenvalue weighted by atomic mass is 9.85. The number of imide groups is 1. The SMILES string of the molecule is CC(C)(C(=O)O)c1ccc(N2C(=O)CCCC2=O)cc1. The number of carboxylic acid groups (broad SMARTS) is 1. The summed E-state index contributed by atoms with van der Waals surface area (Å²) in [5.41, 5.74) is 0.129. The van der Waals surface area contributed by atoms with Crippen LogP contribution in [0.25, 0.3) is 0 Å². The molecule has 0 bridgehead atoms. The number of carbonyl (C=O) groups excluding carboxylic acids is 2. The maximum atomic E-state index is 11.8. The lowest BCUT2D eigenvalue weighted by Gasteiger charge is -2.26. The summed E-state index contributed by atoms with van der Waals surface area (Å²) in [6, 6.07) is 6.56. The quantitative estimate of drug-likeness (QED) is 0.857. The number of piperidine rings is 1. The first-order valence-corrected chi connectivity index (χ1v) is 6.54. The summed E-state index contributed by atoms with van der Waals surface area (Å²) in [5.74, 6) is -1.33. The van der Waals surface area contributed by atoms with Crippen molar-refractivity contribution in [1.82, 2.24) is 0 Å². The highest BCUT2D eigenvalue weighted by molar-refractivity contribution is 6.16. The van der Waals surface area contributed by atoms with Crippen molar-refractivity contribution in [2.75, 3.05) is 4.90 Å². The number of carbonyl (C=O) groups is 3. The Morgan fingerprint density at radius 3 is 2.05 bits per heavy atom. The van der Waals surface area contributed by atoms with Crippen molar-refractivity contribution >= 4 is 23.5 Å². The first-order chi connectivity index (χ1) is 9.34. The highest BCUT2D eigenvalue weighted by Gasteiger charge is 2.31. The maximum Gasteiger partial charge on any atom is 0.313 e. The molecule has 1 aliphatic rings. The molecule has 1 heterocycles. The minimum Gasteiger partial charge on any atom is -0.481 e. The van der Waals surface area contributed by atoms with Crippen molar-refractivity contribution in [3.8, 4) is 0 Å². The molecule has 0 spiro atoms. The first kappa shape index (κ1) is 14.2. The molecule has 0 atom stereocenters. The summed E-state index contributed by atoms with van der Waals surface area (Å²) < 4.78 is 0. The smallest absolute Gasteiger partial charge is 0.313 e. The number of anilines is 1.